The van der Waals surface area contributed by atoms with Crippen LogP contribution in [0.3, 0.4) is 0 Å². The number of hydrogen-bond donors (Lipinski definition) is 2. The van der Waals surface area contributed by atoms with Gasteiger partial charge >= 0.3 is 0 Å². The maximum Gasteiger partial charge on any atom is 0.300 e. The van der Waals surface area contributed by atoms with Crippen LogP contribution in [0.1, 0.15) is 81.1 Å². The topological polar surface area (TPSA) is 49.3 Å². The van der Waals surface area contributed by atoms with Crippen molar-refractivity contribution in [2.75, 3.05) is 6.54 Å². The van der Waals surface area contributed by atoms with Gasteiger partial charge in [0.05, 0.1) is 0 Å². The summed E-state index contributed by atoms with van der Waals surface area (Å²) < 4.78 is 0. The normalized spacial score (nSPS) is 14.8. The lowest BCUT2D eigenvalue weighted by Crippen LogP contribution is -2.21. The highest BCUT2D eigenvalue weighted by atomic mass is 16.4. The number of nitrogens with one attached hydrogen (secondary N) is 1. The molecule has 3 heteroatoms. The van der Waals surface area contributed by atoms with Gasteiger partial charge < -0.3 is 10.4 Å². The third-order valence-electron chi connectivity index (χ3n) is 2.25. The van der Waals surface area contributed by atoms with Gasteiger partial charge in [-0.1, -0.05) is 47.6 Å². The molecule has 0 saturated carbocycles. The molecule has 1 unspecified atom stereocenters. The van der Waals surface area contributed by atoms with Crippen LogP contribution in [0.2, 0.25) is 0 Å². The fraction of sp³-hybridized carbons (Fsp3) is 0.833. The van der Waals surface area contributed by atoms with E-state index in [0.717, 1.165) is 18.9 Å². The van der Waals surface area contributed by atoms with Crippen LogP contribution >= 0.6 is 0 Å². The van der Waals surface area contributed by atoms with Crippen LogP contribution in [0, 0.1) is 5.92 Å². The zero-order chi connectivity index (χ0) is 17.7. The zero-order valence-corrected chi connectivity index (χ0v) is 15.8. The minimum Gasteiger partial charge on any atom is -0.481 e. The van der Waals surface area contributed by atoms with Gasteiger partial charge in [0.1, 0.15) is 0 Å². The fourth-order valence-electron chi connectivity index (χ4n) is 1.54. The van der Waals surface area contributed by atoms with Crippen LogP contribution in [0.25, 0.3) is 0 Å². The SMILES string of the molecule is C=CC.CC.CC.CC(=O)O.CC(C)CCC1CCCN1. The van der Waals surface area contributed by atoms with Crippen LogP contribution in [0.4, 0.5) is 0 Å². The van der Waals surface area contributed by atoms with Crippen molar-refractivity contribution in [2.24, 2.45) is 5.92 Å². The summed E-state index contributed by atoms with van der Waals surface area (Å²) in [5.74, 6) is 0.0439. The maximum atomic E-state index is 9.00. The molecular formula is C18H41NO2. The quantitative estimate of drug-likeness (QED) is 0.676. The summed E-state index contributed by atoms with van der Waals surface area (Å²) in [5.41, 5.74) is 0. The Kier molecular flexibility index (Phi) is 37.1. The van der Waals surface area contributed by atoms with Gasteiger partial charge in [-0.15, -0.1) is 6.58 Å². The lowest BCUT2D eigenvalue weighted by atomic mass is 10.0. The van der Waals surface area contributed by atoms with Crippen molar-refractivity contribution < 1.29 is 9.90 Å². The molecule has 1 rings (SSSR count). The first-order chi connectivity index (χ1) is 9.93. The van der Waals surface area contributed by atoms with Gasteiger partial charge in [0, 0.05) is 13.0 Å². The van der Waals surface area contributed by atoms with E-state index in [1.807, 2.05) is 34.6 Å². The van der Waals surface area contributed by atoms with Crippen molar-refractivity contribution in [3.63, 3.8) is 0 Å². The van der Waals surface area contributed by atoms with Crippen LogP contribution in [0.15, 0.2) is 12.7 Å². The fourth-order valence-corrected chi connectivity index (χ4v) is 1.54. The van der Waals surface area contributed by atoms with Gasteiger partial charge in [-0.2, -0.15) is 0 Å². The average molecular weight is 304 g/mol. The Hall–Kier alpha value is -0.830. The number of carboxylic acids is 1. The van der Waals surface area contributed by atoms with Gasteiger partial charge in [0.25, 0.3) is 5.97 Å². The van der Waals surface area contributed by atoms with Crippen molar-refractivity contribution in [1.29, 1.82) is 0 Å². The van der Waals surface area contributed by atoms with Gasteiger partial charge in [-0.05, 0) is 45.1 Å². The van der Waals surface area contributed by atoms with Crippen LogP contribution in [-0.4, -0.2) is 23.7 Å². The summed E-state index contributed by atoms with van der Waals surface area (Å²) in [7, 11) is 0. The van der Waals surface area contributed by atoms with E-state index in [1.165, 1.54) is 32.2 Å². The van der Waals surface area contributed by atoms with Crippen molar-refractivity contribution >= 4 is 5.97 Å². The number of hydrogen-bond acceptors (Lipinski definition) is 2. The van der Waals surface area contributed by atoms with Crippen molar-refractivity contribution in [3.05, 3.63) is 12.7 Å². The molecule has 1 fully saturated rings. The Morgan fingerprint density at radius 3 is 1.95 bits per heavy atom. The predicted molar refractivity (Wildman–Crippen MR) is 97.0 cm³/mol. The molecule has 0 amide bonds. The summed E-state index contributed by atoms with van der Waals surface area (Å²) in [6.45, 7) is 20.2. The third-order valence-corrected chi connectivity index (χ3v) is 2.25. The largest absolute Gasteiger partial charge is 0.481 e. The molecule has 0 aromatic heterocycles. The molecule has 0 aromatic rings. The Balaban J connectivity index is -0.000000111. The molecule has 0 aliphatic carbocycles. The summed E-state index contributed by atoms with van der Waals surface area (Å²) in [5, 5.41) is 10.9. The predicted octanol–water partition coefficient (Wildman–Crippen LogP) is 5.51. The second kappa shape index (κ2) is 27.5. The second-order valence-electron chi connectivity index (χ2n) is 4.69. The van der Waals surface area contributed by atoms with E-state index in [1.54, 1.807) is 6.08 Å². The summed E-state index contributed by atoms with van der Waals surface area (Å²) in [4.78, 5) is 9.00. The third kappa shape index (κ3) is 45.3. The lowest BCUT2D eigenvalue weighted by Gasteiger charge is -2.10. The van der Waals surface area contributed by atoms with E-state index in [-0.39, 0.29) is 0 Å². The molecule has 2 N–H and O–H groups in total. The lowest BCUT2D eigenvalue weighted by molar-refractivity contribution is -0.134. The van der Waals surface area contributed by atoms with E-state index >= 15 is 0 Å². The Morgan fingerprint density at radius 1 is 1.33 bits per heavy atom. The first-order valence-corrected chi connectivity index (χ1v) is 8.44. The first kappa shape index (κ1) is 28.3. The zero-order valence-electron chi connectivity index (χ0n) is 15.8. The number of aliphatic carboxylic acids is 1. The van der Waals surface area contributed by atoms with E-state index in [9.17, 15) is 0 Å². The average Bonchev–Trinajstić information content (AvgIpc) is 2.94. The first-order valence-electron chi connectivity index (χ1n) is 8.44. The van der Waals surface area contributed by atoms with E-state index in [0.29, 0.717) is 0 Å². The van der Waals surface area contributed by atoms with E-state index in [4.69, 9.17) is 9.90 Å². The number of allylic oxidation sites excluding steroid dienone is 1. The van der Waals surface area contributed by atoms with Crippen molar-refractivity contribution in [2.45, 2.75) is 87.1 Å². The molecule has 1 aliphatic heterocycles. The number of carbonyl (C=O) groups is 1. The van der Waals surface area contributed by atoms with Gasteiger partial charge in [-0.25, -0.2) is 0 Å². The van der Waals surface area contributed by atoms with Gasteiger partial charge in [0.2, 0.25) is 0 Å². The molecule has 130 valence electrons. The van der Waals surface area contributed by atoms with Crippen LogP contribution in [0.5, 0.6) is 0 Å². The van der Waals surface area contributed by atoms with Crippen LogP contribution < -0.4 is 5.32 Å². The molecule has 3 nitrogen and oxygen atoms in total. The smallest absolute Gasteiger partial charge is 0.300 e. The monoisotopic (exact) mass is 303 g/mol. The highest BCUT2D eigenvalue weighted by molar-refractivity contribution is 5.62. The standard InChI is InChI=1S/C9H19N.C3H6.C2H4O2.2C2H6/c1-8(2)5-6-9-4-3-7-10-9;1-3-2;1-2(3)4;2*1-2/h8-10H,3-7H2,1-2H3;3H,1H2,2H3;1H3,(H,3,4);2*1-2H3. The minimum absolute atomic E-state index is 0.833. The summed E-state index contributed by atoms with van der Waals surface area (Å²) in [6, 6.07) is 0.849. The molecule has 1 aliphatic rings. The summed E-state index contributed by atoms with van der Waals surface area (Å²) in [6.07, 6.45) is 7.32. The molecule has 0 radical (unpaired) electrons. The Bertz CT molecular complexity index is 182. The van der Waals surface area contributed by atoms with E-state index in [2.05, 4.69) is 25.7 Å². The molecule has 0 spiro atoms. The van der Waals surface area contributed by atoms with Crippen LogP contribution in [-0.2, 0) is 4.79 Å². The van der Waals surface area contributed by atoms with Gasteiger partial charge in [0.15, 0.2) is 0 Å². The second-order valence-corrected chi connectivity index (χ2v) is 4.69. The highest BCUT2D eigenvalue weighted by Gasteiger charge is 2.13. The molecule has 1 atom stereocenters. The molecular weight excluding hydrogens is 262 g/mol. The van der Waals surface area contributed by atoms with Crippen molar-refractivity contribution in [3.8, 4) is 0 Å². The Morgan fingerprint density at radius 2 is 1.71 bits per heavy atom. The van der Waals surface area contributed by atoms with E-state index < -0.39 is 5.97 Å². The number of carboxylic acid groups (broad SMARTS) is 1. The summed E-state index contributed by atoms with van der Waals surface area (Å²) >= 11 is 0. The molecule has 21 heavy (non-hydrogen) atoms. The molecule has 0 aromatic carbocycles. The molecule has 1 saturated heterocycles. The maximum absolute atomic E-state index is 9.00. The van der Waals surface area contributed by atoms with Gasteiger partial charge in [-0.3, -0.25) is 4.79 Å². The molecule has 0 bridgehead atoms. The number of rotatable bonds is 3. The van der Waals surface area contributed by atoms with Crippen molar-refractivity contribution in [1.82, 2.24) is 5.32 Å². The molecule has 1 heterocycles. The Labute approximate surface area is 134 Å². The highest BCUT2D eigenvalue weighted by Crippen LogP contribution is 2.13. The minimum atomic E-state index is -0.833.